The summed E-state index contributed by atoms with van der Waals surface area (Å²) in [4.78, 5) is 2.48. The lowest BCUT2D eigenvalue weighted by atomic mass is 10.2. The van der Waals surface area contributed by atoms with Gasteiger partial charge in [0, 0.05) is 6.04 Å². The van der Waals surface area contributed by atoms with Crippen LogP contribution in [0.2, 0.25) is 0 Å². The number of nitrogens with two attached hydrogens (primary N) is 1. The number of hydrogen-bond acceptors (Lipinski definition) is 2. The van der Waals surface area contributed by atoms with Crippen LogP contribution in [0.4, 0.5) is 0 Å². The average Bonchev–Trinajstić information content (AvgIpc) is 2.79. The van der Waals surface area contributed by atoms with Crippen molar-refractivity contribution in [3.05, 3.63) is 0 Å². The van der Waals surface area contributed by atoms with Crippen molar-refractivity contribution in [2.75, 3.05) is 20.1 Å². The minimum absolute atomic E-state index is 0.854. The summed E-state index contributed by atoms with van der Waals surface area (Å²) >= 11 is 0. The van der Waals surface area contributed by atoms with Gasteiger partial charge in [0.15, 0.2) is 0 Å². The van der Waals surface area contributed by atoms with E-state index in [1.807, 2.05) is 0 Å². The molecular weight excluding hydrogens is 136 g/mol. The Balaban J connectivity index is 1.85. The van der Waals surface area contributed by atoms with Crippen molar-refractivity contribution in [2.45, 2.75) is 38.1 Å². The summed E-state index contributed by atoms with van der Waals surface area (Å²) in [5, 5.41) is 0. The van der Waals surface area contributed by atoms with E-state index in [-0.39, 0.29) is 0 Å². The zero-order chi connectivity index (χ0) is 8.10. The largest absolute Gasteiger partial charge is 0.330 e. The summed E-state index contributed by atoms with van der Waals surface area (Å²) in [5.74, 6) is 0. The second-order valence-corrected chi connectivity index (χ2v) is 3.56. The maximum absolute atomic E-state index is 5.40. The lowest BCUT2D eigenvalue weighted by Crippen LogP contribution is -2.21. The van der Waals surface area contributed by atoms with Gasteiger partial charge >= 0.3 is 0 Å². The SMILES string of the molecule is CN(CCCCCN)C1CC1. The van der Waals surface area contributed by atoms with Crippen LogP contribution in [0.15, 0.2) is 0 Å². The highest BCUT2D eigenvalue weighted by atomic mass is 15.1. The van der Waals surface area contributed by atoms with E-state index in [1.54, 1.807) is 0 Å². The first-order valence-corrected chi connectivity index (χ1v) is 4.75. The van der Waals surface area contributed by atoms with Gasteiger partial charge in [0.05, 0.1) is 0 Å². The maximum Gasteiger partial charge on any atom is 0.00933 e. The maximum atomic E-state index is 5.40. The third-order valence-electron chi connectivity index (χ3n) is 2.39. The zero-order valence-electron chi connectivity index (χ0n) is 7.55. The van der Waals surface area contributed by atoms with Crippen molar-refractivity contribution < 1.29 is 0 Å². The van der Waals surface area contributed by atoms with E-state index in [9.17, 15) is 0 Å². The highest BCUT2D eigenvalue weighted by Crippen LogP contribution is 2.25. The molecule has 1 aliphatic rings. The van der Waals surface area contributed by atoms with E-state index in [0.717, 1.165) is 12.6 Å². The number of unbranched alkanes of at least 4 members (excludes halogenated alkanes) is 2. The summed E-state index contributed by atoms with van der Waals surface area (Å²) in [6, 6.07) is 0.924. The summed E-state index contributed by atoms with van der Waals surface area (Å²) < 4.78 is 0. The molecule has 1 fully saturated rings. The van der Waals surface area contributed by atoms with Crippen molar-refractivity contribution >= 4 is 0 Å². The summed E-state index contributed by atoms with van der Waals surface area (Å²) in [6.07, 6.45) is 6.66. The fraction of sp³-hybridized carbons (Fsp3) is 1.00. The van der Waals surface area contributed by atoms with Gasteiger partial charge in [-0.15, -0.1) is 0 Å². The fourth-order valence-electron chi connectivity index (χ4n) is 1.38. The third-order valence-corrected chi connectivity index (χ3v) is 2.39. The first kappa shape index (κ1) is 9.01. The van der Waals surface area contributed by atoms with E-state index < -0.39 is 0 Å². The van der Waals surface area contributed by atoms with Crippen molar-refractivity contribution in [3.63, 3.8) is 0 Å². The van der Waals surface area contributed by atoms with Crippen molar-refractivity contribution in [1.29, 1.82) is 0 Å². The van der Waals surface area contributed by atoms with Crippen LogP contribution in [-0.4, -0.2) is 31.1 Å². The predicted octanol–water partition coefficient (Wildman–Crippen LogP) is 1.21. The molecule has 1 saturated carbocycles. The predicted molar refractivity (Wildman–Crippen MR) is 48.6 cm³/mol. The molecule has 0 amide bonds. The van der Waals surface area contributed by atoms with Crippen molar-refractivity contribution in [3.8, 4) is 0 Å². The summed E-state index contributed by atoms with van der Waals surface area (Å²) in [7, 11) is 2.24. The number of rotatable bonds is 6. The molecule has 1 aliphatic carbocycles. The minimum atomic E-state index is 0.854. The van der Waals surface area contributed by atoms with Crippen LogP contribution in [0.3, 0.4) is 0 Å². The second kappa shape index (κ2) is 4.73. The standard InChI is InChI=1S/C9H20N2/c1-11(9-5-6-9)8-4-2-3-7-10/h9H,2-8,10H2,1H3. The number of hydrogen-bond donors (Lipinski definition) is 1. The Kier molecular flexibility index (Phi) is 3.87. The zero-order valence-corrected chi connectivity index (χ0v) is 7.55. The molecule has 2 N–H and O–H groups in total. The summed E-state index contributed by atoms with van der Waals surface area (Å²) in [5.41, 5.74) is 5.40. The third kappa shape index (κ3) is 3.73. The first-order chi connectivity index (χ1) is 5.34. The number of nitrogens with zero attached hydrogens (tertiary/aromatic N) is 1. The Hall–Kier alpha value is -0.0800. The summed E-state index contributed by atoms with van der Waals surface area (Å²) in [6.45, 7) is 2.12. The van der Waals surface area contributed by atoms with Gasteiger partial charge in [-0.05, 0) is 45.8 Å². The van der Waals surface area contributed by atoms with E-state index in [4.69, 9.17) is 5.73 Å². The lowest BCUT2D eigenvalue weighted by Gasteiger charge is -2.14. The van der Waals surface area contributed by atoms with Crippen LogP contribution in [-0.2, 0) is 0 Å². The Morgan fingerprint density at radius 1 is 1.27 bits per heavy atom. The van der Waals surface area contributed by atoms with Crippen LogP contribution in [0.1, 0.15) is 32.1 Å². The van der Waals surface area contributed by atoms with E-state index in [1.165, 1.54) is 38.6 Å². The minimum Gasteiger partial charge on any atom is -0.330 e. The van der Waals surface area contributed by atoms with Gasteiger partial charge in [-0.3, -0.25) is 0 Å². The van der Waals surface area contributed by atoms with E-state index in [0.29, 0.717) is 0 Å². The Morgan fingerprint density at radius 3 is 2.55 bits per heavy atom. The van der Waals surface area contributed by atoms with Gasteiger partial charge in [0.2, 0.25) is 0 Å². The molecule has 0 aliphatic heterocycles. The van der Waals surface area contributed by atoms with Gasteiger partial charge in [-0.25, -0.2) is 0 Å². The van der Waals surface area contributed by atoms with Crippen molar-refractivity contribution in [2.24, 2.45) is 5.73 Å². The second-order valence-electron chi connectivity index (χ2n) is 3.56. The van der Waals surface area contributed by atoms with E-state index in [2.05, 4.69) is 11.9 Å². The molecule has 0 saturated heterocycles. The van der Waals surface area contributed by atoms with E-state index >= 15 is 0 Å². The Labute approximate surface area is 69.8 Å². The van der Waals surface area contributed by atoms with Gasteiger partial charge in [0.1, 0.15) is 0 Å². The topological polar surface area (TPSA) is 29.3 Å². The molecule has 0 aromatic heterocycles. The molecule has 11 heavy (non-hydrogen) atoms. The Bertz CT molecular complexity index is 99.7. The highest BCUT2D eigenvalue weighted by molar-refractivity contribution is 4.81. The molecule has 0 atom stereocenters. The van der Waals surface area contributed by atoms with Gasteiger partial charge < -0.3 is 10.6 Å². The average molecular weight is 156 g/mol. The van der Waals surface area contributed by atoms with Gasteiger partial charge in [0.25, 0.3) is 0 Å². The van der Waals surface area contributed by atoms with Gasteiger partial charge in [-0.2, -0.15) is 0 Å². The normalized spacial score (nSPS) is 17.7. The lowest BCUT2D eigenvalue weighted by molar-refractivity contribution is 0.315. The van der Waals surface area contributed by atoms with Crippen LogP contribution in [0.25, 0.3) is 0 Å². The first-order valence-electron chi connectivity index (χ1n) is 4.75. The van der Waals surface area contributed by atoms with Crippen LogP contribution >= 0.6 is 0 Å². The molecule has 0 aromatic rings. The van der Waals surface area contributed by atoms with Crippen molar-refractivity contribution in [1.82, 2.24) is 4.90 Å². The van der Waals surface area contributed by atoms with Crippen LogP contribution < -0.4 is 5.73 Å². The fourth-order valence-corrected chi connectivity index (χ4v) is 1.38. The molecule has 0 spiro atoms. The molecule has 2 nitrogen and oxygen atoms in total. The molecule has 0 radical (unpaired) electrons. The van der Waals surface area contributed by atoms with Gasteiger partial charge in [-0.1, -0.05) is 6.42 Å². The molecule has 0 bridgehead atoms. The van der Waals surface area contributed by atoms with Crippen LogP contribution in [0, 0.1) is 0 Å². The highest BCUT2D eigenvalue weighted by Gasteiger charge is 2.25. The molecule has 0 heterocycles. The van der Waals surface area contributed by atoms with Crippen LogP contribution in [0.5, 0.6) is 0 Å². The molecule has 0 aromatic carbocycles. The Morgan fingerprint density at radius 2 is 2.00 bits per heavy atom. The molecule has 66 valence electrons. The smallest absolute Gasteiger partial charge is 0.00933 e. The molecule has 1 rings (SSSR count). The molecule has 0 unspecified atom stereocenters. The molecule has 2 heteroatoms. The quantitative estimate of drug-likeness (QED) is 0.586. The monoisotopic (exact) mass is 156 g/mol. The molecular formula is C9H20N2.